The largest absolute Gasteiger partial charge is 0.444 e. The molecule has 0 radical (unpaired) electrons. The van der Waals surface area contributed by atoms with Gasteiger partial charge in [-0.3, -0.25) is 4.79 Å². The fourth-order valence-corrected chi connectivity index (χ4v) is 2.99. The molecule has 2 heterocycles. The summed E-state index contributed by atoms with van der Waals surface area (Å²) in [6, 6.07) is 0.0111. The molecule has 1 saturated heterocycles. The van der Waals surface area contributed by atoms with E-state index in [0.717, 1.165) is 6.07 Å². The molecule has 0 bridgehead atoms. The van der Waals surface area contributed by atoms with E-state index in [9.17, 15) is 22.8 Å². The number of carbonyl (C=O) groups is 2. The predicted molar refractivity (Wildman–Crippen MR) is 104 cm³/mol. The number of hydrogen-bond acceptors (Lipinski definition) is 6. The fourth-order valence-electron chi connectivity index (χ4n) is 2.99. The first-order chi connectivity index (χ1) is 13.7. The zero-order valence-electron chi connectivity index (χ0n) is 17.8. The third-order valence-electron chi connectivity index (χ3n) is 4.41. The maximum absolute atomic E-state index is 13.0. The summed E-state index contributed by atoms with van der Waals surface area (Å²) in [5.74, 6) is -0.0756. The van der Waals surface area contributed by atoms with Gasteiger partial charge >= 0.3 is 12.3 Å². The SMILES string of the molecule is Cc1nc(N2CCC(NC(=O)[C@H](C)NC(=O)OC(C)(C)C)CC2)cc(C(F)(F)F)n1. The van der Waals surface area contributed by atoms with Crippen molar-refractivity contribution in [3.63, 3.8) is 0 Å². The molecule has 0 aromatic carbocycles. The topological polar surface area (TPSA) is 96.5 Å². The maximum Gasteiger partial charge on any atom is 0.433 e. The molecule has 30 heavy (non-hydrogen) atoms. The summed E-state index contributed by atoms with van der Waals surface area (Å²) >= 11 is 0. The van der Waals surface area contributed by atoms with Gasteiger partial charge in [0.15, 0.2) is 0 Å². The van der Waals surface area contributed by atoms with Crippen LogP contribution in [0.25, 0.3) is 0 Å². The molecule has 2 rings (SSSR count). The Hall–Kier alpha value is -2.59. The number of aromatic nitrogens is 2. The van der Waals surface area contributed by atoms with Crippen molar-refractivity contribution in [1.82, 2.24) is 20.6 Å². The molecule has 1 aliphatic heterocycles. The number of ether oxygens (including phenoxy) is 1. The van der Waals surface area contributed by atoms with E-state index < -0.39 is 29.6 Å². The van der Waals surface area contributed by atoms with Gasteiger partial charge < -0.3 is 20.3 Å². The van der Waals surface area contributed by atoms with Crippen molar-refractivity contribution >= 4 is 17.8 Å². The Morgan fingerprint density at radius 1 is 1.20 bits per heavy atom. The van der Waals surface area contributed by atoms with Crippen LogP contribution in [-0.2, 0) is 15.7 Å². The van der Waals surface area contributed by atoms with Gasteiger partial charge in [-0.1, -0.05) is 0 Å². The molecule has 1 aliphatic rings. The van der Waals surface area contributed by atoms with Gasteiger partial charge in [0, 0.05) is 25.2 Å². The van der Waals surface area contributed by atoms with Crippen LogP contribution in [0.2, 0.25) is 0 Å². The Kier molecular flexibility index (Phi) is 7.14. The van der Waals surface area contributed by atoms with Crippen LogP contribution in [0.4, 0.5) is 23.8 Å². The minimum Gasteiger partial charge on any atom is -0.444 e. The Bertz CT molecular complexity index is 772. The molecule has 1 aromatic rings. The smallest absolute Gasteiger partial charge is 0.433 e. The minimum absolute atomic E-state index is 0.0530. The molecule has 1 atom stereocenters. The molecule has 2 N–H and O–H groups in total. The zero-order chi connectivity index (χ0) is 22.7. The van der Waals surface area contributed by atoms with E-state index in [1.54, 1.807) is 32.6 Å². The summed E-state index contributed by atoms with van der Waals surface area (Å²) in [4.78, 5) is 33.4. The predicted octanol–water partition coefficient (Wildman–Crippen LogP) is 2.80. The van der Waals surface area contributed by atoms with Crippen LogP contribution in [0, 0.1) is 6.92 Å². The molecule has 2 amide bonds. The van der Waals surface area contributed by atoms with Crippen molar-refractivity contribution in [3.05, 3.63) is 17.6 Å². The number of aryl methyl sites for hydroxylation is 1. The lowest BCUT2D eigenvalue weighted by Gasteiger charge is -2.34. The number of nitrogens with zero attached hydrogens (tertiary/aromatic N) is 3. The monoisotopic (exact) mass is 431 g/mol. The van der Waals surface area contributed by atoms with Gasteiger partial charge in [0.1, 0.15) is 29.0 Å². The van der Waals surface area contributed by atoms with Gasteiger partial charge in [0.05, 0.1) is 0 Å². The number of anilines is 1. The van der Waals surface area contributed by atoms with E-state index in [4.69, 9.17) is 4.74 Å². The summed E-state index contributed by atoms with van der Waals surface area (Å²) in [7, 11) is 0. The van der Waals surface area contributed by atoms with Crippen molar-refractivity contribution in [2.45, 2.75) is 71.3 Å². The quantitative estimate of drug-likeness (QED) is 0.761. The van der Waals surface area contributed by atoms with Gasteiger partial charge in [0.25, 0.3) is 0 Å². The Morgan fingerprint density at radius 2 is 1.80 bits per heavy atom. The summed E-state index contributed by atoms with van der Waals surface area (Å²) in [5.41, 5.74) is -1.64. The van der Waals surface area contributed by atoms with Crippen molar-refractivity contribution in [3.8, 4) is 0 Å². The minimum atomic E-state index is -4.54. The molecule has 1 aromatic heterocycles. The molecule has 11 heteroatoms. The number of nitrogens with one attached hydrogen (secondary N) is 2. The van der Waals surface area contributed by atoms with E-state index in [1.807, 2.05) is 0 Å². The number of alkyl halides is 3. The number of piperidine rings is 1. The number of hydrogen-bond donors (Lipinski definition) is 2. The van der Waals surface area contributed by atoms with Crippen LogP contribution < -0.4 is 15.5 Å². The highest BCUT2D eigenvalue weighted by Gasteiger charge is 2.34. The normalized spacial score (nSPS) is 16.7. The number of halogens is 3. The molecular formula is C19H28F3N5O3. The Labute approximate surface area is 173 Å². The van der Waals surface area contributed by atoms with Crippen molar-refractivity contribution in [2.24, 2.45) is 0 Å². The second-order valence-corrected chi connectivity index (χ2v) is 8.29. The third-order valence-corrected chi connectivity index (χ3v) is 4.41. The molecule has 168 valence electrons. The van der Waals surface area contributed by atoms with Crippen LogP contribution in [0.1, 0.15) is 52.1 Å². The molecule has 0 saturated carbocycles. The molecule has 1 fully saturated rings. The number of alkyl carbamates (subject to hydrolysis) is 1. The molecular weight excluding hydrogens is 403 g/mol. The van der Waals surface area contributed by atoms with E-state index in [2.05, 4.69) is 20.6 Å². The fraction of sp³-hybridized carbons (Fsp3) is 0.684. The average molecular weight is 431 g/mol. The maximum atomic E-state index is 13.0. The first-order valence-corrected chi connectivity index (χ1v) is 9.72. The second-order valence-electron chi connectivity index (χ2n) is 8.29. The number of rotatable bonds is 4. The van der Waals surface area contributed by atoms with Crippen LogP contribution >= 0.6 is 0 Å². The first-order valence-electron chi connectivity index (χ1n) is 9.72. The highest BCUT2D eigenvalue weighted by molar-refractivity contribution is 5.85. The van der Waals surface area contributed by atoms with Gasteiger partial charge in [0.2, 0.25) is 5.91 Å². The van der Waals surface area contributed by atoms with Gasteiger partial charge in [-0.05, 0) is 47.5 Å². The van der Waals surface area contributed by atoms with Gasteiger partial charge in [-0.2, -0.15) is 13.2 Å². The second kappa shape index (κ2) is 9.05. The van der Waals surface area contributed by atoms with E-state index >= 15 is 0 Å². The average Bonchev–Trinajstić information content (AvgIpc) is 2.59. The van der Waals surface area contributed by atoms with Crippen LogP contribution in [-0.4, -0.2) is 52.7 Å². The number of carbonyl (C=O) groups excluding carboxylic acids is 2. The summed E-state index contributed by atoms with van der Waals surface area (Å²) in [6.45, 7) is 9.02. The van der Waals surface area contributed by atoms with Crippen LogP contribution in [0.5, 0.6) is 0 Å². The Balaban J connectivity index is 1.88. The van der Waals surface area contributed by atoms with E-state index in [-0.39, 0.29) is 23.6 Å². The number of amides is 2. The summed E-state index contributed by atoms with van der Waals surface area (Å²) < 4.78 is 44.1. The Morgan fingerprint density at radius 3 is 2.33 bits per heavy atom. The third kappa shape index (κ3) is 7.03. The summed E-state index contributed by atoms with van der Waals surface area (Å²) in [6.07, 6.45) is -4.14. The van der Waals surface area contributed by atoms with Crippen molar-refractivity contribution < 1.29 is 27.5 Å². The lowest BCUT2D eigenvalue weighted by atomic mass is 10.0. The van der Waals surface area contributed by atoms with Gasteiger partial charge in [-0.15, -0.1) is 0 Å². The lowest BCUT2D eigenvalue weighted by molar-refractivity contribution is -0.141. The lowest BCUT2D eigenvalue weighted by Crippen LogP contribution is -2.51. The zero-order valence-corrected chi connectivity index (χ0v) is 17.8. The van der Waals surface area contributed by atoms with Crippen LogP contribution in [0.15, 0.2) is 6.07 Å². The van der Waals surface area contributed by atoms with E-state index in [1.165, 1.54) is 6.92 Å². The van der Waals surface area contributed by atoms with Gasteiger partial charge in [-0.25, -0.2) is 14.8 Å². The van der Waals surface area contributed by atoms with E-state index in [0.29, 0.717) is 25.9 Å². The van der Waals surface area contributed by atoms with Crippen molar-refractivity contribution in [1.29, 1.82) is 0 Å². The molecule has 0 spiro atoms. The standard InChI is InChI=1S/C19H28F3N5O3/c1-11(23-17(29)30-18(3,4)5)16(28)26-13-6-8-27(9-7-13)15-10-14(19(20,21)22)24-12(2)25-15/h10-11,13H,6-9H2,1-5H3,(H,23,29)(H,26,28)/t11-/m0/s1. The highest BCUT2D eigenvalue weighted by atomic mass is 19.4. The molecule has 0 unspecified atom stereocenters. The van der Waals surface area contributed by atoms with Crippen molar-refractivity contribution in [2.75, 3.05) is 18.0 Å². The first kappa shape index (κ1) is 23.7. The highest BCUT2D eigenvalue weighted by Crippen LogP contribution is 2.30. The molecule has 0 aliphatic carbocycles. The van der Waals surface area contributed by atoms with Crippen LogP contribution in [0.3, 0.4) is 0 Å². The molecule has 8 nitrogen and oxygen atoms in total. The summed E-state index contributed by atoms with van der Waals surface area (Å²) in [5, 5.41) is 5.34.